The monoisotopic (exact) mass is 387 g/mol. The highest BCUT2D eigenvalue weighted by molar-refractivity contribution is 6.56. The van der Waals surface area contributed by atoms with E-state index in [1.54, 1.807) is 0 Å². The highest BCUT2D eigenvalue weighted by Gasteiger charge is 2.22. The van der Waals surface area contributed by atoms with Crippen LogP contribution in [0.15, 0.2) is 18.2 Å². The number of non-ortho nitro benzene ring substituents is 1. The van der Waals surface area contributed by atoms with Crippen molar-refractivity contribution in [3.63, 3.8) is 0 Å². The maximum atomic E-state index is 13.5. The van der Waals surface area contributed by atoms with Gasteiger partial charge >= 0.3 is 0 Å². The minimum absolute atomic E-state index is 0.0528. The predicted molar refractivity (Wildman–Crippen MR) is 83.5 cm³/mol. The molecule has 0 aromatic heterocycles. The second-order valence-corrected chi connectivity index (χ2v) is 5.79. The lowest BCUT2D eigenvalue weighted by Gasteiger charge is -2.12. The molecular formula is C12H3Cl5FNO2. The summed E-state index contributed by atoms with van der Waals surface area (Å²) in [5.74, 6) is -0.825. The Morgan fingerprint density at radius 2 is 1.33 bits per heavy atom. The Kier molecular flexibility index (Phi) is 4.85. The van der Waals surface area contributed by atoms with Crippen molar-refractivity contribution in [1.82, 2.24) is 0 Å². The molecule has 0 saturated heterocycles. The van der Waals surface area contributed by atoms with Gasteiger partial charge in [-0.05, 0) is 11.6 Å². The van der Waals surface area contributed by atoms with Crippen LogP contribution in [0, 0.1) is 15.9 Å². The Hall–Kier alpha value is -0.780. The van der Waals surface area contributed by atoms with Crippen molar-refractivity contribution in [2.24, 2.45) is 0 Å². The molecule has 0 heterocycles. The zero-order valence-electron chi connectivity index (χ0n) is 9.76. The molecule has 21 heavy (non-hydrogen) atoms. The van der Waals surface area contributed by atoms with Gasteiger partial charge < -0.3 is 0 Å². The molecule has 0 aliphatic rings. The molecule has 0 spiro atoms. The zero-order chi connectivity index (χ0) is 15.9. The summed E-state index contributed by atoms with van der Waals surface area (Å²) < 4.78 is 13.5. The molecule has 2 rings (SSSR count). The van der Waals surface area contributed by atoms with Gasteiger partial charge in [0.2, 0.25) is 0 Å². The van der Waals surface area contributed by atoms with Gasteiger partial charge in [-0.3, -0.25) is 10.1 Å². The summed E-state index contributed by atoms with van der Waals surface area (Å²) in [6.07, 6.45) is 0. The summed E-state index contributed by atoms with van der Waals surface area (Å²) in [6, 6.07) is 2.90. The lowest BCUT2D eigenvalue weighted by molar-refractivity contribution is -0.385. The van der Waals surface area contributed by atoms with Crippen LogP contribution in [-0.2, 0) is 0 Å². The van der Waals surface area contributed by atoms with Crippen molar-refractivity contribution >= 4 is 63.7 Å². The quantitative estimate of drug-likeness (QED) is 0.249. The van der Waals surface area contributed by atoms with Crippen LogP contribution in [0.1, 0.15) is 0 Å². The number of rotatable bonds is 2. The van der Waals surface area contributed by atoms with Gasteiger partial charge in [0.25, 0.3) is 5.69 Å². The van der Waals surface area contributed by atoms with Crippen molar-refractivity contribution in [2.45, 2.75) is 0 Å². The summed E-state index contributed by atoms with van der Waals surface area (Å²) in [4.78, 5) is 10.1. The Labute approximate surface area is 143 Å². The molecule has 0 bridgehead atoms. The summed E-state index contributed by atoms with van der Waals surface area (Å²) in [6.45, 7) is 0. The lowest BCUT2D eigenvalue weighted by Crippen LogP contribution is -1.92. The molecule has 0 aliphatic heterocycles. The molecule has 0 N–H and O–H groups in total. The molecule has 110 valence electrons. The lowest BCUT2D eigenvalue weighted by atomic mass is 10.0. The van der Waals surface area contributed by atoms with E-state index in [4.69, 9.17) is 58.0 Å². The Bertz CT molecular complexity index is 737. The van der Waals surface area contributed by atoms with Gasteiger partial charge in [-0.1, -0.05) is 58.0 Å². The molecule has 3 nitrogen and oxygen atoms in total. The van der Waals surface area contributed by atoms with Crippen LogP contribution in [0.4, 0.5) is 10.1 Å². The van der Waals surface area contributed by atoms with E-state index >= 15 is 0 Å². The van der Waals surface area contributed by atoms with E-state index in [1.807, 2.05) is 0 Å². The number of benzene rings is 2. The van der Waals surface area contributed by atoms with Gasteiger partial charge in [-0.2, -0.15) is 0 Å². The number of nitro groups is 1. The molecule has 0 radical (unpaired) electrons. The third-order valence-corrected chi connectivity index (χ3v) is 4.87. The summed E-state index contributed by atoms with van der Waals surface area (Å²) in [7, 11) is 0. The Morgan fingerprint density at radius 1 is 0.857 bits per heavy atom. The van der Waals surface area contributed by atoms with E-state index in [0.29, 0.717) is 0 Å². The van der Waals surface area contributed by atoms with E-state index in [-0.39, 0.29) is 36.2 Å². The molecule has 0 amide bonds. The fraction of sp³-hybridized carbons (Fsp3) is 0. The number of hydrogen-bond acceptors (Lipinski definition) is 2. The van der Waals surface area contributed by atoms with E-state index in [0.717, 1.165) is 18.2 Å². The fourth-order valence-electron chi connectivity index (χ4n) is 1.68. The molecule has 2 aromatic carbocycles. The van der Waals surface area contributed by atoms with Gasteiger partial charge in [-0.15, -0.1) is 0 Å². The number of hydrogen-bond donors (Lipinski definition) is 0. The molecule has 0 fully saturated rings. The van der Waals surface area contributed by atoms with Crippen LogP contribution in [0.25, 0.3) is 11.1 Å². The highest BCUT2D eigenvalue weighted by atomic mass is 35.5. The Balaban J connectivity index is 2.82. The van der Waals surface area contributed by atoms with E-state index in [1.165, 1.54) is 0 Å². The van der Waals surface area contributed by atoms with Gasteiger partial charge in [0.15, 0.2) is 0 Å². The SMILES string of the molecule is O=[N+]([O-])c1cc(F)cc(-c2c(Cl)c(Cl)c(Cl)c(Cl)c2Cl)c1. The smallest absolute Gasteiger partial charge is 0.258 e. The largest absolute Gasteiger partial charge is 0.272 e. The number of halogens is 6. The molecule has 0 unspecified atom stereocenters. The van der Waals surface area contributed by atoms with Gasteiger partial charge in [0.1, 0.15) is 5.82 Å². The minimum atomic E-state index is -0.825. The van der Waals surface area contributed by atoms with Crippen LogP contribution in [0.3, 0.4) is 0 Å². The zero-order valence-corrected chi connectivity index (χ0v) is 13.5. The molecule has 0 saturated carbocycles. The van der Waals surface area contributed by atoms with Gasteiger partial charge in [-0.25, -0.2) is 4.39 Å². The fourth-order valence-corrected chi connectivity index (χ4v) is 3.04. The van der Waals surface area contributed by atoms with Crippen molar-refractivity contribution < 1.29 is 9.31 Å². The van der Waals surface area contributed by atoms with Crippen LogP contribution in [-0.4, -0.2) is 4.92 Å². The normalized spacial score (nSPS) is 10.8. The summed E-state index contributed by atoms with van der Waals surface area (Å²) in [5, 5.41) is 10.4. The first-order chi connectivity index (χ1) is 9.73. The summed E-state index contributed by atoms with van der Waals surface area (Å²) in [5.41, 5.74) is -0.322. The van der Waals surface area contributed by atoms with E-state index in [9.17, 15) is 14.5 Å². The van der Waals surface area contributed by atoms with Crippen LogP contribution < -0.4 is 0 Å². The average molecular weight is 389 g/mol. The minimum Gasteiger partial charge on any atom is -0.258 e. The third-order valence-electron chi connectivity index (χ3n) is 2.59. The van der Waals surface area contributed by atoms with Crippen molar-refractivity contribution in [3.05, 3.63) is 59.2 Å². The molecular weight excluding hydrogens is 386 g/mol. The average Bonchev–Trinajstić information content (AvgIpc) is 2.42. The van der Waals surface area contributed by atoms with E-state index in [2.05, 4.69) is 0 Å². The summed E-state index contributed by atoms with van der Waals surface area (Å²) >= 11 is 29.8. The predicted octanol–water partition coefficient (Wildman–Crippen LogP) is 6.67. The van der Waals surface area contributed by atoms with E-state index < -0.39 is 16.4 Å². The maximum Gasteiger partial charge on any atom is 0.272 e. The first-order valence-corrected chi connectivity index (χ1v) is 7.09. The second kappa shape index (κ2) is 6.15. The molecule has 0 aliphatic carbocycles. The van der Waals surface area contributed by atoms with Gasteiger partial charge in [0, 0.05) is 11.6 Å². The van der Waals surface area contributed by atoms with Crippen molar-refractivity contribution in [3.8, 4) is 11.1 Å². The first-order valence-electron chi connectivity index (χ1n) is 5.20. The van der Waals surface area contributed by atoms with Crippen LogP contribution in [0.2, 0.25) is 25.1 Å². The molecule has 2 aromatic rings. The maximum absolute atomic E-state index is 13.5. The highest BCUT2D eigenvalue weighted by Crippen LogP contribution is 2.48. The molecule has 0 atom stereocenters. The Morgan fingerprint density at radius 3 is 1.81 bits per heavy atom. The van der Waals surface area contributed by atoms with Crippen LogP contribution >= 0.6 is 58.0 Å². The second-order valence-electron chi connectivity index (χ2n) is 3.90. The van der Waals surface area contributed by atoms with Gasteiger partial charge in [0.05, 0.1) is 36.1 Å². The van der Waals surface area contributed by atoms with Crippen LogP contribution in [0.5, 0.6) is 0 Å². The first kappa shape index (κ1) is 16.6. The number of nitrogens with zero attached hydrogens (tertiary/aromatic N) is 1. The standard InChI is InChI=1S/C12H3Cl5FNO2/c13-8-7(9(14)11(16)12(17)10(8)15)4-1-5(18)3-6(2-4)19(20)21/h1-3H. The van der Waals surface area contributed by atoms with Crippen molar-refractivity contribution in [1.29, 1.82) is 0 Å². The third kappa shape index (κ3) is 3.05. The van der Waals surface area contributed by atoms with Crippen molar-refractivity contribution in [2.75, 3.05) is 0 Å². The topological polar surface area (TPSA) is 43.1 Å². The number of nitro benzene ring substituents is 1. The molecule has 9 heteroatoms.